The molecule has 0 spiro atoms. The van der Waals surface area contributed by atoms with Crippen molar-refractivity contribution in [3.05, 3.63) is 78.4 Å². The molecule has 0 aliphatic carbocycles. The van der Waals surface area contributed by atoms with Gasteiger partial charge in [0.05, 0.1) is 6.61 Å². The molecule has 1 aliphatic heterocycles. The first-order valence-electron chi connectivity index (χ1n) is 9.54. The van der Waals surface area contributed by atoms with Gasteiger partial charge in [-0.15, -0.1) is 0 Å². The monoisotopic (exact) mass is 388 g/mol. The van der Waals surface area contributed by atoms with Gasteiger partial charge in [-0.05, 0) is 23.8 Å². The molecule has 1 aliphatic rings. The fraction of sp³-hybridized carbons (Fsp3) is 0.238. The molecule has 8 heteroatoms. The largest absolute Gasteiger partial charge is 0.367 e. The first-order valence-corrected chi connectivity index (χ1v) is 9.54. The van der Waals surface area contributed by atoms with Gasteiger partial charge in [-0.2, -0.15) is 10.1 Å². The third-order valence-electron chi connectivity index (χ3n) is 4.82. The second-order valence-corrected chi connectivity index (χ2v) is 6.87. The van der Waals surface area contributed by atoms with Crippen molar-refractivity contribution in [2.24, 2.45) is 0 Å². The molecule has 0 unspecified atom stereocenters. The summed E-state index contributed by atoms with van der Waals surface area (Å²) in [7, 11) is 0. The molecule has 0 radical (unpaired) electrons. The van der Waals surface area contributed by atoms with E-state index >= 15 is 0 Å². The molecule has 1 fully saturated rings. The molecule has 5 rings (SSSR count). The first-order chi connectivity index (χ1) is 14.3. The molecule has 0 N–H and O–H groups in total. The maximum atomic E-state index is 5.90. The number of morpholine rings is 1. The number of ether oxygens (including phenoxy) is 1. The normalized spacial score (nSPS) is 17.4. The van der Waals surface area contributed by atoms with Crippen LogP contribution in [0.4, 0.5) is 0 Å². The van der Waals surface area contributed by atoms with Crippen LogP contribution in [0.5, 0.6) is 0 Å². The molecule has 0 saturated carbocycles. The Bertz CT molecular complexity index is 1060. The van der Waals surface area contributed by atoms with Gasteiger partial charge in [0, 0.05) is 32.0 Å². The van der Waals surface area contributed by atoms with Gasteiger partial charge in [0.2, 0.25) is 5.82 Å². The van der Waals surface area contributed by atoms with E-state index in [-0.39, 0.29) is 6.10 Å². The van der Waals surface area contributed by atoms with Crippen LogP contribution in [0.15, 0.2) is 71.5 Å². The number of nitrogens with zero attached hydrogens (tertiary/aromatic N) is 6. The maximum absolute atomic E-state index is 5.90. The van der Waals surface area contributed by atoms with Crippen LogP contribution in [0.3, 0.4) is 0 Å². The van der Waals surface area contributed by atoms with E-state index in [1.54, 1.807) is 10.9 Å². The lowest BCUT2D eigenvalue weighted by Gasteiger charge is -2.31. The van der Waals surface area contributed by atoms with Crippen LogP contribution in [0.1, 0.15) is 17.5 Å². The lowest BCUT2D eigenvalue weighted by molar-refractivity contribution is -0.0380. The molecule has 3 aromatic heterocycles. The first kappa shape index (κ1) is 17.7. The maximum Gasteiger partial charge on any atom is 0.276 e. The van der Waals surface area contributed by atoms with Crippen LogP contribution in [0, 0.1) is 0 Å². The summed E-state index contributed by atoms with van der Waals surface area (Å²) in [5.41, 5.74) is 1.88. The van der Waals surface area contributed by atoms with Gasteiger partial charge in [-0.25, -0.2) is 9.67 Å². The zero-order valence-corrected chi connectivity index (χ0v) is 15.8. The fourth-order valence-electron chi connectivity index (χ4n) is 3.39. The van der Waals surface area contributed by atoms with E-state index in [0.29, 0.717) is 36.4 Å². The van der Waals surface area contributed by atoms with E-state index in [1.807, 2.05) is 36.5 Å². The van der Waals surface area contributed by atoms with Crippen molar-refractivity contribution < 1.29 is 9.26 Å². The molecule has 0 amide bonds. The van der Waals surface area contributed by atoms with Gasteiger partial charge < -0.3 is 9.26 Å². The predicted molar refractivity (Wildman–Crippen MR) is 105 cm³/mol. The summed E-state index contributed by atoms with van der Waals surface area (Å²) in [5.74, 6) is 1.61. The van der Waals surface area contributed by atoms with Crippen molar-refractivity contribution in [2.75, 3.05) is 19.7 Å². The molecule has 8 nitrogen and oxygen atoms in total. The molecule has 1 aromatic carbocycles. The predicted octanol–water partition coefficient (Wildman–Crippen LogP) is 2.89. The molecule has 4 heterocycles. The van der Waals surface area contributed by atoms with Crippen LogP contribution >= 0.6 is 0 Å². The average Bonchev–Trinajstić information content (AvgIpc) is 3.47. The summed E-state index contributed by atoms with van der Waals surface area (Å²) < 4.78 is 13.1. The van der Waals surface area contributed by atoms with Crippen molar-refractivity contribution >= 4 is 0 Å². The number of pyridine rings is 1. The van der Waals surface area contributed by atoms with Crippen LogP contribution < -0.4 is 0 Å². The van der Waals surface area contributed by atoms with E-state index in [2.05, 4.69) is 49.4 Å². The van der Waals surface area contributed by atoms with Gasteiger partial charge >= 0.3 is 0 Å². The van der Waals surface area contributed by atoms with Crippen LogP contribution in [0.2, 0.25) is 0 Å². The topological polar surface area (TPSA) is 82.1 Å². The standard InChI is InChI=1S/C21H20N6O2/c1-2-6-16(7-3-1)14-26-12-13-28-18(15-26)20-24-21(29-25-20)17-8-4-9-19(23-17)27-11-5-10-22-27/h1-11,18H,12-15H2/t18-/m1/s1. The third-order valence-corrected chi connectivity index (χ3v) is 4.82. The number of aromatic nitrogens is 5. The SMILES string of the molecule is c1ccc(CN2CCO[C@@H](c3noc(-c4cccc(-n5cccn5)n4)n3)C2)cc1. The molecule has 1 saturated heterocycles. The Kier molecular flexibility index (Phi) is 4.85. The highest BCUT2D eigenvalue weighted by Gasteiger charge is 2.26. The summed E-state index contributed by atoms with van der Waals surface area (Å²) >= 11 is 0. The van der Waals surface area contributed by atoms with Crippen LogP contribution in [-0.4, -0.2) is 49.5 Å². The van der Waals surface area contributed by atoms with Crippen molar-refractivity contribution in [3.8, 4) is 17.4 Å². The van der Waals surface area contributed by atoms with Crippen molar-refractivity contribution in [1.82, 2.24) is 29.8 Å². The van der Waals surface area contributed by atoms with Crippen molar-refractivity contribution in [3.63, 3.8) is 0 Å². The summed E-state index contributed by atoms with van der Waals surface area (Å²) in [6, 6.07) is 17.9. The fourth-order valence-corrected chi connectivity index (χ4v) is 3.39. The van der Waals surface area contributed by atoms with Gasteiger partial charge in [0.15, 0.2) is 5.82 Å². The second-order valence-electron chi connectivity index (χ2n) is 6.87. The Morgan fingerprint density at radius 2 is 1.93 bits per heavy atom. The Morgan fingerprint density at radius 1 is 1.00 bits per heavy atom. The third kappa shape index (κ3) is 3.94. The van der Waals surface area contributed by atoms with Crippen molar-refractivity contribution in [1.29, 1.82) is 0 Å². The molecule has 29 heavy (non-hydrogen) atoms. The Balaban J connectivity index is 1.31. The molecule has 4 aromatic rings. The van der Waals surface area contributed by atoms with Crippen LogP contribution in [-0.2, 0) is 11.3 Å². The molecular weight excluding hydrogens is 368 g/mol. The number of hydrogen-bond donors (Lipinski definition) is 0. The number of benzene rings is 1. The zero-order chi connectivity index (χ0) is 19.5. The second kappa shape index (κ2) is 7.94. The number of hydrogen-bond acceptors (Lipinski definition) is 7. The Labute approximate surface area is 167 Å². The minimum absolute atomic E-state index is 0.223. The van der Waals surface area contributed by atoms with E-state index < -0.39 is 0 Å². The molecule has 146 valence electrons. The van der Waals surface area contributed by atoms with E-state index in [4.69, 9.17) is 9.26 Å². The summed E-state index contributed by atoms with van der Waals surface area (Å²) in [5, 5.41) is 8.35. The minimum Gasteiger partial charge on any atom is -0.367 e. The van der Waals surface area contributed by atoms with E-state index in [9.17, 15) is 0 Å². The minimum atomic E-state index is -0.223. The summed E-state index contributed by atoms with van der Waals surface area (Å²) in [6.07, 6.45) is 3.32. The summed E-state index contributed by atoms with van der Waals surface area (Å²) in [4.78, 5) is 11.5. The Morgan fingerprint density at radius 3 is 2.79 bits per heavy atom. The lowest BCUT2D eigenvalue weighted by atomic mass is 10.2. The molecule has 0 bridgehead atoms. The van der Waals surface area contributed by atoms with Gasteiger partial charge in [-0.3, -0.25) is 4.90 Å². The zero-order valence-electron chi connectivity index (χ0n) is 15.8. The summed E-state index contributed by atoms with van der Waals surface area (Å²) in [6.45, 7) is 3.10. The van der Waals surface area contributed by atoms with Crippen molar-refractivity contribution in [2.45, 2.75) is 12.6 Å². The van der Waals surface area contributed by atoms with Gasteiger partial charge in [0.1, 0.15) is 11.8 Å². The number of rotatable bonds is 5. The quantitative estimate of drug-likeness (QED) is 0.520. The highest BCUT2D eigenvalue weighted by atomic mass is 16.5. The van der Waals surface area contributed by atoms with Gasteiger partial charge in [0.25, 0.3) is 5.89 Å². The van der Waals surface area contributed by atoms with E-state index in [1.165, 1.54) is 5.56 Å². The highest BCUT2D eigenvalue weighted by molar-refractivity contribution is 5.48. The Hall–Kier alpha value is -3.36. The smallest absolute Gasteiger partial charge is 0.276 e. The van der Waals surface area contributed by atoms with E-state index in [0.717, 1.165) is 13.1 Å². The highest BCUT2D eigenvalue weighted by Crippen LogP contribution is 2.24. The average molecular weight is 388 g/mol. The lowest BCUT2D eigenvalue weighted by Crippen LogP contribution is -2.38. The molecular formula is C21H20N6O2. The molecule has 1 atom stereocenters. The van der Waals surface area contributed by atoms with Gasteiger partial charge in [-0.1, -0.05) is 41.6 Å². The van der Waals surface area contributed by atoms with Crippen LogP contribution in [0.25, 0.3) is 17.4 Å².